The Balaban J connectivity index is 1.65. The van der Waals surface area contributed by atoms with Gasteiger partial charge in [-0.2, -0.15) is 0 Å². The second-order valence-electron chi connectivity index (χ2n) is 6.53. The van der Waals surface area contributed by atoms with E-state index in [1.54, 1.807) is 11.9 Å². The number of hydrogen-bond donors (Lipinski definition) is 1. The first-order valence-electron chi connectivity index (χ1n) is 8.83. The molecule has 0 spiro atoms. The molecule has 1 aliphatic heterocycles. The second kappa shape index (κ2) is 9.91. The standard InChI is InChI=1S/C19H26N2O5/c1-20(13-18(23)21-10-7-16(8-11-21)19(24)25)17(22)9-12-26-14-15-5-3-2-4-6-15/h2-6,16H,7-14H2,1H3,(H,24,25). The number of carboxylic acids is 1. The van der Waals surface area contributed by atoms with Gasteiger partial charge >= 0.3 is 5.97 Å². The fourth-order valence-electron chi connectivity index (χ4n) is 2.88. The van der Waals surface area contributed by atoms with E-state index in [0.29, 0.717) is 39.1 Å². The Morgan fingerprint density at radius 2 is 1.85 bits per heavy atom. The Bertz CT molecular complexity index is 612. The van der Waals surface area contributed by atoms with Gasteiger partial charge in [0, 0.05) is 20.1 Å². The third-order valence-corrected chi connectivity index (χ3v) is 4.57. The molecular formula is C19H26N2O5. The van der Waals surface area contributed by atoms with Gasteiger partial charge in [-0.05, 0) is 18.4 Å². The molecule has 1 aromatic rings. The van der Waals surface area contributed by atoms with Crippen LogP contribution >= 0.6 is 0 Å². The molecule has 1 heterocycles. The highest BCUT2D eigenvalue weighted by Crippen LogP contribution is 2.17. The summed E-state index contributed by atoms with van der Waals surface area (Å²) < 4.78 is 5.50. The highest BCUT2D eigenvalue weighted by atomic mass is 16.5. The van der Waals surface area contributed by atoms with Crippen LogP contribution in [0.1, 0.15) is 24.8 Å². The van der Waals surface area contributed by atoms with Gasteiger partial charge in [-0.15, -0.1) is 0 Å². The van der Waals surface area contributed by atoms with Gasteiger partial charge in [0.15, 0.2) is 0 Å². The molecule has 7 nitrogen and oxygen atoms in total. The first-order chi connectivity index (χ1) is 12.5. The lowest BCUT2D eigenvalue weighted by Gasteiger charge is -2.31. The lowest BCUT2D eigenvalue weighted by molar-refractivity contribution is -0.146. The van der Waals surface area contributed by atoms with Crippen LogP contribution in [0.5, 0.6) is 0 Å². The summed E-state index contributed by atoms with van der Waals surface area (Å²) in [6.07, 6.45) is 1.15. The number of carboxylic acid groups (broad SMARTS) is 1. The number of benzene rings is 1. The third kappa shape index (κ3) is 6.15. The van der Waals surface area contributed by atoms with Gasteiger partial charge in [0.25, 0.3) is 0 Å². The van der Waals surface area contributed by atoms with Gasteiger partial charge in [0.2, 0.25) is 11.8 Å². The molecule has 2 rings (SSSR count). The highest BCUT2D eigenvalue weighted by molar-refractivity contribution is 5.85. The van der Waals surface area contributed by atoms with Gasteiger partial charge < -0.3 is 19.6 Å². The van der Waals surface area contributed by atoms with E-state index in [2.05, 4.69) is 0 Å². The number of piperidine rings is 1. The van der Waals surface area contributed by atoms with E-state index in [0.717, 1.165) is 5.56 Å². The normalized spacial score (nSPS) is 14.9. The molecule has 0 aliphatic carbocycles. The predicted octanol–water partition coefficient (Wildman–Crippen LogP) is 1.37. The first-order valence-corrected chi connectivity index (χ1v) is 8.83. The third-order valence-electron chi connectivity index (χ3n) is 4.57. The fourth-order valence-corrected chi connectivity index (χ4v) is 2.88. The van der Waals surface area contributed by atoms with Crippen molar-refractivity contribution in [3.05, 3.63) is 35.9 Å². The maximum absolute atomic E-state index is 12.3. The Morgan fingerprint density at radius 3 is 2.46 bits per heavy atom. The van der Waals surface area contributed by atoms with E-state index in [4.69, 9.17) is 9.84 Å². The zero-order valence-corrected chi connectivity index (χ0v) is 15.1. The molecule has 1 N–H and O–H groups in total. The lowest BCUT2D eigenvalue weighted by atomic mass is 9.97. The number of carbonyl (C=O) groups excluding carboxylic acids is 2. The van der Waals surface area contributed by atoms with Crippen LogP contribution in [0, 0.1) is 5.92 Å². The summed E-state index contributed by atoms with van der Waals surface area (Å²) in [5, 5.41) is 8.99. The SMILES string of the molecule is CN(CC(=O)N1CCC(C(=O)O)CC1)C(=O)CCOCc1ccccc1. The Labute approximate surface area is 153 Å². The molecule has 0 aromatic heterocycles. The van der Waals surface area contributed by atoms with Crippen LogP contribution in [0.15, 0.2) is 30.3 Å². The van der Waals surface area contributed by atoms with Gasteiger partial charge in [-0.1, -0.05) is 30.3 Å². The summed E-state index contributed by atoms with van der Waals surface area (Å²) in [4.78, 5) is 38.3. The molecule has 0 saturated carbocycles. The summed E-state index contributed by atoms with van der Waals surface area (Å²) in [7, 11) is 1.60. The van der Waals surface area contributed by atoms with Crippen molar-refractivity contribution in [2.24, 2.45) is 5.92 Å². The van der Waals surface area contributed by atoms with Crippen LogP contribution in [0.25, 0.3) is 0 Å². The van der Waals surface area contributed by atoms with E-state index in [9.17, 15) is 14.4 Å². The van der Waals surface area contributed by atoms with Crippen molar-refractivity contribution in [3.8, 4) is 0 Å². The van der Waals surface area contributed by atoms with Gasteiger partial charge in [-0.25, -0.2) is 0 Å². The summed E-state index contributed by atoms with van der Waals surface area (Å²) >= 11 is 0. The van der Waals surface area contributed by atoms with Crippen LogP contribution in [0.4, 0.5) is 0 Å². The van der Waals surface area contributed by atoms with Crippen LogP contribution in [-0.2, 0) is 25.7 Å². The number of likely N-dealkylation sites (tertiary alicyclic amines) is 1. The number of carbonyl (C=O) groups is 3. The average Bonchev–Trinajstić information content (AvgIpc) is 2.65. The van der Waals surface area contributed by atoms with Crippen molar-refractivity contribution in [2.45, 2.75) is 25.9 Å². The molecule has 0 unspecified atom stereocenters. The van der Waals surface area contributed by atoms with Crippen LogP contribution < -0.4 is 0 Å². The number of ether oxygens (including phenoxy) is 1. The van der Waals surface area contributed by atoms with E-state index in [1.165, 1.54) is 4.90 Å². The number of hydrogen-bond acceptors (Lipinski definition) is 4. The van der Waals surface area contributed by atoms with E-state index in [-0.39, 0.29) is 30.7 Å². The average molecular weight is 362 g/mol. The molecule has 26 heavy (non-hydrogen) atoms. The molecule has 1 saturated heterocycles. The van der Waals surface area contributed by atoms with Crippen molar-refractivity contribution < 1.29 is 24.2 Å². The largest absolute Gasteiger partial charge is 0.481 e. The van der Waals surface area contributed by atoms with Crippen LogP contribution in [0.3, 0.4) is 0 Å². The van der Waals surface area contributed by atoms with Gasteiger partial charge in [-0.3, -0.25) is 14.4 Å². The van der Waals surface area contributed by atoms with Gasteiger partial charge in [0.05, 0.1) is 32.1 Å². The molecule has 0 atom stereocenters. The Morgan fingerprint density at radius 1 is 1.19 bits per heavy atom. The number of rotatable bonds is 8. The zero-order chi connectivity index (χ0) is 18.9. The number of amides is 2. The molecule has 1 aromatic carbocycles. The molecule has 1 aliphatic rings. The summed E-state index contributed by atoms with van der Waals surface area (Å²) in [6.45, 7) is 1.62. The smallest absolute Gasteiger partial charge is 0.306 e. The van der Waals surface area contributed by atoms with Crippen molar-refractivity contribution in [2.75, 3.05) is 33.3 Å². The molecule has 0 radical (unpaired) electrons. The zero-order valence-electron chi connectivity index (χ0n) is 15.1. The van der Waals surface area contributed by atoms with Crippen molar-refractivity contribution in [3.63, 3.8) is 0 Å². The van der Waals surface area contributed by atoms with Crippen LogP contribution in [0.2, 0.25) is 0 Å². The Kier molecular flexibility index (Phi) is 7.59. The lowest BCUT2D eigenvalue weighted by Crippen LogP contribution is -2.45. The summed E-state index contributed by atoms with van der Waals surface area (Å²) in [5.74, 6) is -1.47. The predicted molar refractivity (Wildman–Crippen MR) is 95.3 cm³/mol. The Hall–Kier alpha value is -2.41. The molecule has 0 bridgehead atoms. The first kappa shape index (κ1) is 19.9. The monoisotopic (exact) mass is 362 g/mol. The van der Waals surface area contributed by atoms with Gasteiger partial charge in [0.1, 0.15) is 0 Å². The fraction of sp³-hybridized carbons (Fsp3) is 0.526. The minimum absolute atomic E-state index is 0.00918. The van der Waals surface area contributed by atoms with Crippen molar-refractivity contribution >= 4 is 17.8 Å². The van der Waals surface area contributed by atoms with Crippen molar-refractivity contribution in [1.82, 2.24) is 9.80 Å². The quantitative estimate of drug-likeness (QED) is 0.706. The maximum atomic E-state index is 12.3. The molecule has 1 fully saturated rings. The maximum Gasteiger partial charge on any atom is 0.306 e. The summed E-state index contributed by atoms with van der Waals surface area (Å²) in [6, 6.07) is 9.72. The minimum atomic E-state index is -0.806. The molecular weight excluding hydrogens is 336 g/mol. The molecule has 7 heteroatoms. The number of aliphatic carboxylic acids is 1. The molecule has 2 amide bonds. The number of nitrogens with zero attached hydrogens (tertiary/aromatic N) is 2. The highest BCUT2D eigenvalue weighted by Gasteiger charge is 2.27. The van der Waals surface area contributed by atoms with Crippen LogP contribution in [-0.4, -0.2) is 66.0 Å². The molecule has 142 valence electrons. The van der Waals surface area contributed by atoms with E-state index >= 15 is 0 Å². The second-order valence-corrected chi connectivity index (χ2v) is 6.53. The van der Waals surface area contributed by atoms with E-state index in [1.807, 2.05) is 30.3 Å². The topological polar surface area (TPSA) is 87.2 Å². The van der Waals surface area contributed by atoms with E-state index < -0.39 is 5.97 Å². The minimum Gasteiger partial charge on any atom is -0.481 e. The summed E-state index contributed by atoms with van der Waals surface area (Å²) in [5.41, 5.74) is 1.05. The van der Waals surface area contributed by atoms with Crippen molar-refractivity contribution in [1.29, 1.82) is 0 Å². The number of likely N-dealkylation sites (N-methyl/N-ethyl adjacent to an activating group) is 1.